The average Bonchev–Trinajstić information content (AvgIpc) is 2.88. The quantitative estimate of drug-likeness (QED) is 0.659. The van der Waals surface area contributed by atoms with Crippen molar-refractivity contribution in [1.82, 2.24) is 0 Å². The molecule has 136 valence electrons. The largest absolute Gasteiger partial charge is 0.378 e. The lowest BCUT2D eigenvalue weighted by atomic mass is 9.43. The van der Waals surface area contributed by atoms with Gasteiger partial charge < -0.3 is 10.2 Å². The molecule has 8 atom stereocenters. The molecule has 4 aliphatic rings. The normalized spacial score (nSPS) is 57.5. The first-order valence-electron chi connectivity index (χ1n) is 10.1. The maximum absolute atomic E-state index is 11.1. The summed E-state index contributed by atoms with van der Waals surface area (Å²) in [5.74, 6) is 7.85. The molecular weight excluding hydrogens is 308 g/mol. The Kier molecular flexibility index (Phi) is 3.69. The van der Waals surface area contributed by atoms with Gasteiger partial charge in [-0.3, -0.25) is 0 Å². The number of terminal acetylenes is 2. The standard InChI is InChI=1S/C23H32O2/c1-5-22(24)14-13-20(3)16(15-22)7-8-17-18(20)9-11-21(4)19(17)10-12-23(21,25)6-2/h1-2,16-19,24-25H,7-15H2,3-4H3/t16-,17-,18+,19+,20-,21-,22+,23-/m0/s1. The Labute approximate surface area is 152 Å². The average molecular weight is 341 g/mol. The van der Waals surface area contributed by atoms with Crippen LogP contribution in [0.1, 0.15) is 71.6 Å². The summed E-state index contributed by atoms with van der Waals surface area (Å²) < 4.78 is 0. The zero-order valence-electron chi connectivity index (χ0n) is 15.7. The zero-order valence-corrected chi connectivity index (χ0v) is 15.7. The summed E-state index contributed by atoms with van der Waals surface area (Å²) in [4.78, 5) is 0. The van der Waals surface area contributed by atoms with E-state index >= 15 is 0 Å². The van der Waals surface area contributed by atoms with Crippen LogP contribution in [0.2, 0.25) is 0 Å². The van der Waals surface area contributed by atoms with Crippen molar-refractivity contribution in [2.75, 3.05) is 0 Å². The summed E-state index contributed by atoms with van der Waals surface area (Å²) in [6.45, 7) is 4.70. The van der Waals surface area contributed by atoms with E-state index in [9.17, 15) is 10.2 Å². The molecule has 0 radical (unpaired) electrons. The SMILES string of the molecule is C#C[C@@]1(O)CC[C@@]2(C)[C@@H](CC[C@H]3[C@H]2CC[C@@]2(C)[C@@H]3CC[C@@]2(O)C#C)C1. The second kappa shape index (κ2) is 5.28. The summed E-state index contributed by atoms with van der Waals surface area (Å²) in [5, 5.41) is 21.7. The van der Waals surface area contributed by atoms with Gasteiger partial charge >= 0.3 is 0 Å². The van der Waals surface area contributed by atoms with Crippen LogP contribution in [0.15, 0.2) is 0 Å². The van der Waals surface area contributed by atoms with Crippen LogP contribution >= 0.6 is 0 Å². The van der Waals surface area contributed by atoms with Gasteiger partial charge in [0.15, 0.2) is 0 Å². The molecule has 4 fully saturated rings. The Hall–Kier alpha value is -0.960. The van der Waals surface area contributed by atoms with Gasteiger partial charge in [-0.1, -0.05) is 25.7 Å². The van der Waals surface area contributed by atoms with E-state index in [1.54, 1.807) is 0 Å². The van der Waals surface area contributed by atoms with Crippen molar-refractivity contribution < 1.29 is 10.2 Å². The van der Waals surface area contributed by atoms with Crippen LogP contribution in [0, 0.1) is 59.2 Å². The maximum atomic E-state index is 11.1. The summed E-state index contributed by atoms with van der Waals surface area (Å²) in [7, 11) is 0. The topological polar surface area (TPSA) is 40.5 Å². The van der Waals surface area contributed by atoms with Crippen molar-refractivity contribution in [2.45, 2.75) is 82.8 Å². The molecule has 0 aromatic rings. The molecular formula is C23H32O2. The van der Waals surface area contributed by atoms with E-state index in [-0.39, 0.29) is 10.8 Å². The van der Waals surface area contributed by atoms with Gasteiger partial charge in [0.25, 0.3) is 0 Å². The van der Waals surface area contributed by atoms with Crippen LogP contribution in [0.3, 0.4) is 0 Å². The Balaban J connectivity index is 1.63. The van der Waals surface area contributed by atoms with Crippen LogP contribution in [0.5, 0.6) is 0 Å². The molecule has 2 heteroatoms. The Morgan fingerprint density at radius 3 is 2.24 bits per heavy atom. The number of fused-ring (bicyclic) bond motifs is 5. The molecule has 2 nitrogen and oxygen atoms in total. The maximum Gasteiger partial charge on any atom is 0.130 e. The molecule has 0 aromatic carbocycles. The van der Waals surface area contributed by atoms with E-state index in [4.69, 9.17) is 12.8 Å². The van der Waals surface area contributed by atoms with E-state index in [2.05, 4.69) is 25.7 Å². The third kappa shape index (κ3) is 2.14. The van der Waals surface area contributed by atoms with Gasteiger partial charge in [-0.15, -0.1) is 12.8 Å². The van der Waals surface area contributed by atoms with Gasteiger partial charge in [0.05, 0.1) is 0 Å². The highest BCUT2D eigenvalue weighted by Gasteiger charge is 2.64. The first kappa shape index (κ1) is 17.5. The Bertz CT molecular complexity index is 656. The van der Waals surface area contributed by atoms with Gasteiger partial charge in [-0.05, 0) is 86.9 Å². The molecule has 0 spiro atoms. The van der Waals surface area contributed by atoms with Gasteiger partial charge in [-0.2, -0.15) is 0 Å². The molecule has 0 amide bonds. The van der Waals surface area contributed by atoms with Gasteiger partial charge in [-0.25, -0.2) is 0 Å². The molecule has 0 bridgehead atoms. The molecule has 0 aliphatic heterocycles. The lowest BCUT2D eigenvalue weighted by Crippen LogP contribution is -2.57. The molecule has 4 rings (SSSR count). The molecule has 0 unspecified atom stereocenters. The zero-order chi connectivity index (χ0) is 18.1. The highest BCUT2D eigenvalue weighted by Crippen LogP contribution is 2.68. The van der Waals surface area contributed by atoms with Crippen molar-refractivity contribution in [3.8, 4) is 24.7 Å². The van der Waals surface area contributed by atoms with E-state index in [1.807, 2.05) is 0 Å². The second-order valence-electron chi connectivity index (χ2n) is 10.0. The van der Waals surface area contributed by atoms with E-state index in [1.165, 1.54) is 6.42 Å². The van der Waals surface area contributed by atoms with Crippen molar-refractivity contribution in [3.63, 3.8) is 0 Å². The Morgan fingerprint density at radius 1 is 0.840 bits per heavy atom. The molecule has 4 saturated carbocycles. The lowest BCUT2D eigenvalue weighted by molar-refractivity contribution is -0.152. The highest BCUT2D eigenvalue weighted by molar-refractivity contribution is 5.24. The van der Waals surface area contributed by atoms with Crippen molar-refractivity contribution in [2.24, 2.45) is 34.5 Å². The summed E-state index contributed by atoms with van der Waals surface area (Å²) in [6, 6.07) is 0. The molecule has 2 N–H and O–H groups in total. The third-order valence-electron chi connectivity index (χ3n) is 9.39. The molecule has 0 saturated heterocycles. The summed E-state index contributed by atoms with van der Waals surface area (Å²) in [6.07, 6.45) is 20.3. The van der Waals surface area contributed by atoms with Gasteiger partial charge in [0.2, 0.25) is 0 Å². The fourth-order valence-electron chi connectivity index (χ4n) is 7.63. The number of hydrogen-bond donors (Lipinski definition) is 2. The van der Waals surface area contributed by atoms with Gasteiger partial charge in [0, 0.05) is 5.41 Å². The number of rotatable bonds is 0. The van der Waals surface area contributed by atoms with Crippen LogP contribution in [-0.4, -0.2) is 21.4 Å². The van der Waals surface area contributed by atoms with Crippen LogP contribution in [0.4, 0.5) is 0 Å². The molecule has 0 heterocycles. The molecule has 25 heavy (non-hydrogen) atoms. The lowest BCUT2D eigenvalue weighted by Gasteiger charge is -2.62. The predicted octanol–water partition coefficient (Wildman–Crippen LogP) is 3.76. The van der Waals surface area contributed by atoms with Crippen molar-refractivity contribution in [3.05, 3.63) is 0 Å². The van der Waals surface area contributed by atoms with E-state index in [0.717, 1.165) is 51.4 Å². The van der Waals surface area contributed by atoms with Crippen LogP contribution in [0.25, 0.3) is 0 Å². The number of hydrogen-bond acceptors (Lipinski definition) is 2. The first-order chi connectivity index (χ1) is 11.7. The van der Waals surface area contributed by atoms with Crippen molar-refractivity contribution in [1.29, 1.82) is 0 Å². The minimum atomic E-state index is -0.920. The highest BCUT2D eigenvalue weighted by atomic mass is 16.3. The smallest absolute Gasteiger partial charge is 0.130 e. The molecule has 4 aliphatic carbocycles. The van der Waals surface area contributed by atoms with Crippen molar-refractivity contribution >= 4 is 0 Å². The summed E-state index contributed by atoms with van der Waals surface area (Å²) >= 11 is 0. The Morgan fingerprint density at radius 2 is 1.56 bits per heavy atom. The predicted molar refractivity (Wildman–Crippen MR) is 99.3 cm³/mol. The third-order valence-corrected chi connectivity index (χ3v) is 9.39. The summed E-state index contributed by atoms with van der Waals surface area (Å²) in [5.41, 5.74) is -1.65. The minimum absolute atomic E-state index is 0.125. The van der Waals surface area contributed by atoms with E-state index in [0.29, 0.717) is 23.7 Å². The van der Waals surface area contributed by atoms with Gasteiger partial charge in [0.1, 0.15) is 11.2 Å². The van der Waals surface area contributed by atoms with E-state index < -0.39 is 11.2 Å². The minimum Gasteiger partial charge on any atom is -0.378 e. The number of aliphatic hydroxyl groups is 2. The fraction of sp³-hybridized carbons (Fsp3) is 0.826. The fourth-order valence-corrected chi connectivity index (χ4v) is 7.63. The van der Waals surface area contributed by atoms with Crippen LogP contribution in [-0.2, 0) is 0 Å². The first-order valence-corrected chi connectivity index (χ1v) is 10.1. The van der Waals surface area contributed by atoms with Crippen LogP contribution < -0.4 is 0 Å². The molecule has 0 aromatic heterocycles. The monoisotopic (exact) mass is 340 g/mol. The second-order valence-corrected chi connectivity index (χ2v) is 10.0.